The minimum atomic E-state index is -2.98. The first-order valence-electron chi connectivity index (χ1n) is 4.68. The largest absolute Gasteiger partial charge is 0.462 e. The van der Waals surface area contributed by atoms with Gasteiger partial charge in [-0.05, 0) is 22.9 Å². The van der Waals surface area contributed by atoms with Crippen molar-refractivity contribution < 1.29 is 23.2 Å². The van der Waals surface area contributed by atoms with Crippen molar-refractivity contribution >= 4 is 27.6 Å². The van der Waals surface area contributed by atoms with Crippen molar-refractivity contribution in [2.75, 3.05) is 6.61 Å². The van der Waals surface area contributed by atoms with Crippen LogP contribution in [0.15, 0.2) is 10.7 Å². The lowest BCUT2D eigenvalue weighted by molar-refractivity contribution is -0.385. The quantitative estimate of drug-likeness (QED) is 0.368. The molecule has 0 spiro atoms. The number of alkyl halides is 2. The molecule has 9 heteroatoms. The van der Waals surface area contributed by atoms with Gasteiger partial charge < -0.3 is 4.74 Å². The van der Waals surface area contributed by atoms with Crippen molar-refractivity contribution in [2.45, 2.75) is 13.3 Å². The Kier molecular flexibility index (Phi) is 4.65. The third kappa shape index (κ3) is 2.97. The first-order valence-corrected chi connectivity index (χ1v) is 5.47. The van der Waals surface area contributed by atoms with Crippen LogP contribution in [0.1, 0.15) is 29.4 Å². The molecule has 0 radical (unpaired) electrons. The fourth-order valence-corrected chi connectivity index (χ4v) is 1.74. The second-order valence-electron chi connectivity index (χ2n) is 3.01. The first-order chi connectivity index (χ1) is 8.38. The Morgan fingerprint density at radius 2 is 2.28 bits per heavy atom. The molecular weight excluding hydrogens is 318 g/mol. The predicted molar refractivity (Wildman–Crippen MR) is 59.5 cm³/mol. The van der Waals surface area contributed by atoms with Crippen LogP contribution in [-0.2, 0) is 4.74 Å². The fraction of sp³-hybridized carbons (Fsp3) is 0.333. The molecule has 18 heavy (non-hydrogen) atoms. The van der Waals surface area contributed by atoms with Gasteiger partial charge in [0.15, 0.2) is 5.56 Å². The molecule has 1 heterocycles. The molecule has 0 saturated carbocycles. The van der Waals surface area contributed by atoms with Crippen molar-refractivity contribution in [2.24, 2.45) is 0 Å². The number of carbonyl (C=O) groups excluding carboxylic acids is 1. The highest BCUT2D eigenvalue weighted by Gasteiger charge is 2.28. The van der Waals surface area contributed by atoms with Crippen LogP contribution in [0.5, 0.6) is 0 Å². The van der Waals surface area contributed by atoms with Gasteiger partial charge in [-0.25, -0.2) is 18.6 Å². The number of pyridine rings is 1. The highest BCUT2D eigenvalue weighted by atomic mass is 79.9. The number of halogens is 3. The molecule has 1 aromatic heterocycles. The van der Waals surface area contributed by atoms with Crippen LogP contribution in [0, 0.1) is 10.1 Å². The van der Waals surface area contributed by atoms with E-state index >= 15 is 0 Å². The third-order valence-electron chi connectivity index (χ3n) is 1.87. The molecule has 1 rings (SSSR count). The lowest BCUT2D eigenvalue weighted by Crippen LogP contribution is -2.11. The van der Waals surface area contributed by atoms with Gasteiger partial charge in [0.25, 0.3) is 12.1 Å². The van der Waals surface area contributed by atoms with Gasteiger partial charge in [0, 0.05) is 6.07 Å². The standard InChI is InChI=1S/C9H7BrF2N2O4/c1-2-18-9(15)6-5(14(16)17)3-4(8(11)12)13-7(6)10/h3,8H,2H2,1H3. The Bertz CT molecular complexity index is 496. The van der Waals surface area contributed by atoms with E-state index in [-0.39, 0.29) is 11.2 Å². The number of aromatic nitrogens is 1. The van der Waals surface area contributed by atoms with E-state index in [0.717, 1.165) is 0 Å². The molecule has 0 aliphatic rings. The van der Waals surface area contributed by atoms with E-state index in [4.69, 9.17) is 0 Å². The normalized spacial score (nSPS) is 10.5. The van der Waals surface area contributed by atoms with Crippen molar-refractivity contribution in [1.29, 1.82) is 0 Å². The SMILES string of the molecule is CCOC(=O)c1c([N+](=O)[O-])cc(C(F)F)nc1Br. The van der Waals surface area contributed by atoms with Crippen LogP contribution in [0.2, 0.25) is 0 Å². The van der Waals surface area contributed by atoms with Gasteiger partial charge in [-0.2, -0.15) is 0 Å². The van der Waals surface area contributed by atoms with Gasteiger partial charge >= 0.3 is 5.97 Å². The van der Waals surface area contributed by atoms with Crippen LogP contribution in [0.25, 0.3) is 0 Å². The first kappa shape index (κ1) is 14.4. The van der Waals surface area contributed by atoms with Gasteiger partial charge in [0.05, 0.1) is 11.5 Å². The lowest BCUT2D eigenvalue weighted by atomic mass is 10.2. The number of hydrogen-bond acceptors (Lipinski definition) is 5. The summed E-state index contributed by atoms with van der Waals surface area (Å²) in [6.45, 7) is 1.51. The molecular formula is C9H7BrF2N2O4. The monoisotopic (exact) mass is 324 g/mol. The Morgan fingerprint density at radius 3 is 2.72 bits per heavy atom. The number of rotatable bonds is 4. The molecule has 0 aliphatic carbocycles. The summed E-state index contributed by atoms with van der Waals surface area (Å²) in [6.07, 6.45) is -2.98. The zero-order valence-corrected chi connectivity index (χ0v) is 10.6. The van der Waals surface area contributed by atoms with Crippen LogP contribution in [0.3, 0.4) is 0 Å². The van der Waals surface area contributed by atoms with Crippen molar-refractivity contribution in [3.8, 4) is 0 Å². The molecule has 1 aromatic rings. The van der Waals surface area contributed by atoms with Gasteiger partial charge in [0.2, 0.25) is 0 Å². The molecule has 0 unspecified atom stereocenters. The van der Waals surface area contributed by atoms with Crippen LogP contribution in [-0.4, -0.2) is 22.5 Å². The number of nitrogens with zero attached hydrogens (tertiary/aromatic N) is 2. The van der Waals surface area contributed by atoms with Crippen molar-refractivity contribution in [3.05, 3.63) is 32.0 Å². The Hall–Kier alpha value is -1.64. The summed E-state index contributed by atoms with van der Waals surface area (Å²) in [5.41, 5.74) is -2.04. The second kappa shape index (κ2) is 5.80. The number of esters is 1. The summed E-state index contributed by atoms with van der Waals surface area (Å²) >= 11 is 2.76. The molecule has 0 bridgehead atoms. The zero-order chi connectivity index (χ0) is 13.9. The summed E-state index contributed by atoms with van der Waals surface area (Å²) in [7, 11) is 0. The molecule has 0 fully saturated rings. The molecule has 0 amide bonds. The van der Waals surface area contributed by atoms with E-state index in [9.17, 15) is 23.7 Å². The summed E-state index contributed by atoms with van der Waals surface area (Å²) in [6, 6.07) is 0.557. The molecule has 0 N–H and O–H groups in total. The minimum absolute atomic E-state index is 0.000966. The van der Waals surface area contributed by atoms with E-state index in [1.807, 2.05) is 0 Å². The Balaban J connectivity index is 3.41. The van der Waals surface area contributed by atoms with E-state index in [2.05, 4.69) is 25.7 Å². The van der Waals surface area contributed by atoms with E-state index < -0.39 is 34.3 Å². The fourth-order valence-electron chi connectivity index (χ4n) is 1.17. The van der Waals surface area contributed by atoms with Gasteiger partial charge in [0.1, 0.15) is 10.3 Å². The number of carbonyl (C=O) groups is 1. The van der Waals surface area contributed by atoms with Crippen LogP contribution < -0.4 is 0 Å². The lowest BCUT2D eigenvalue weighted by Gasteiger charge is -2.06. The molecule has 0 aromatic carbocycles. The smallest absolute Gasteiger partial charge is 0.347 e. The van der Waals surface area contributed by atoms with E-state index in [1.54, 1.807) is 0 Å². The molecule has 0 saturated heterocycles. The number of nitro groups is 1. The third-order valence-corrected chi connectivity index (χ3v) is 2.45. The summed E-state index contributed by atoms with van der Waals surface area (Å²) in [5, 5.41) is 10.8. The Morgan fingerprint density at radius 1 is 1.67 bits per heavy atom. The van der Waals surface area contributed by atoms with E-state index in [1.165, 1.54) is 6.92 Å². The molecule has 0 atom stereocenters. The van der Waals surface area contributed by atoms with Crippen LogP contribution in [0.4, 0.5) is 14.5 Å². The molecule has 0 aliphatic heterocycles. The highest BCUT2D eigenvalue weighted by Crippen LogP contribution is 2.30. The summed E-state index contributed by atoms with van der Waals surface area (Å²) in [4.78, 5) is 24.7. The molecule has 6 nitrogen and oxygen atoms in total. The number of hydrogen-bond donors (Lipinski definition) is 0. The Labute approximate surface area is 108 Å². The molecule has 98 valence electrons. The van der Waals surface area contributed by atoms with Crippen molar-refractivity contribution in [3.63, 3.8) is 0 Å². The van der Waals surface area contributed by atoms with Gasteiger partial charge in [-0.1, -0.05) is 0 Å². The van der Waals surface area contributed by atoms with Gasteiger partial charge in [-0.3, -0.25) is 10.1 Å². The summed E-state index contributed by atoms with van der Waals surface area (Å²) in [5.74, 6) is -0.996. The average molecular weight is 325 g/mol. The average Bonchev–Trinajstić information content (AvgIpc) is 2.27. The topological polar surface area (TPSA) is 82.3 Å². The zero-order valence-electron chi connectivity index (χ0n) is 9.02. The maximum atomic E-state index is 12.4. The minimum Gasteiger partial charge on any atom is -0.462 e. The van der Waals surface area contributed by atoms with Crippen molar-refractivity contribution in [1.82, 2.24) is 4.98 Å². The maximum absolute atomic E-state index is 12.4. The predicted octanol–water partition coefficient (Wildman–Crippen LogP) is 2.87. The highest BCUT2D eigenvalue weighted by molar-refractivity contribution is 9.10. The summed E-state index contributed by atoms with van der Waals surface area (Å²) < 4.78 is 29.2. The maximum Gasteiger partial charge on any atom is 0.347 e. The number of ether oxygens (including phenoxy) is 1. The van der Waals surface area contributed by atoms with Gasteiger partial charge in [-0.15, -0.1) is 0 Å². The van der Waals surface area contributed by atoms with Crippen LogP contribution >= 0.6 is 15.9 Å². The second-order valence-corrected chi connectivity index (χ2v) is 3.76. The van der Waals surface area contributed by atoms with E-state index in [0.29, 0.717) is 6.07 Å².